The molecular weight excluding hydrogens is 239 g/mol. The van der Waals surface area contributed by atoms with Gasteiger partial charge in [-0.15, -0.1) is 0 Å². The highest BCUT2D eigenvalue weighted by molar-refractivity contribution is 14.1. The maximum atomic E-state index is 5.65. The lowest BCUT2D eigenvalue weighted by Crippen LogP contribution is -1.98. The van der Waals surface area contributed by atoms with Crippen molar-refractivity contribution in [3.05, 3.63) is 21.3 Å². The smallest absolute Gasteiger partial charge is 0.0686 e. The molecule has 0 saturated carbocycles. The molecule has 0 aliphatic carbocycles. The Morgan fingerprint density at radius 2 is 1.90 bits per heavy atom. The molecule has 0 aromatic heterocycles. The zero-order valence-corrected chi connectivity index (χ0v) is 7.84. The van der Waals surface area contributed by atoms with Gasteiger partial charge in [-0.05, 0) is 41.1 Å². The van der Waals surface area contributed by atoms with Crippen molar-refractivity contribution in [1.29, 1.82) is 0 Å². The minimum absolute atomic E-state index is 0.662. The van der Waals surface area contributed by atoms with Crippen LogP contribution in [-0.2, 0) is 0 Å². The van der Waals surface area contributed by atoms with Crippen molar-refractivity contribution in [1.82, 2.24) is 0 Å². The molecule has 54 valence electrons. The lowest BCUT2D eigenvalue weighted by atomic mass is 10.2. The molecule has 0 fully saturated rings. The third-order valence-electron chi connectivity index (χ3n) is 1.41. The highest BCUT2D eigenvalue weighted by Crippen LogP contribution is 2.24. The van der Waals surface area contributed by atoms with Gasteiger partial charge in [0.25, 0.3) is 0 Å². The van der Waals surface area contributed by atoms with Gasteiger partial charge >= 0.3 is 0 Å². The van der Waals surface area contributed by atoms with Crippen LogP contribution in [0.2, 0.25) is 0 Å². The highest BCUT2D eigenvalue weighted by Gasteiger charge is 2.00. The largest absolute Gasteiger partial charge is 0.397 e. The Kier molecular flexibility index (Phi) is 2.03. The molecule has 0 saturated heterocycles. The third-order valence-corrected chi connectivity index (χ3v) is 2.84. The molecule has 10 heavy (non-hydrogen) atoms. The molecule has 0 spiro atoms. The van der Waals surface area contributed by atoms with Crippen LogP contribution < -0.4 is 11.5 Å². The first-order valence-corrected chi connectivity index (χ1v) is 4.01. The van der Waals surface area contributed by atoms with E-state index in [4.69, 9.17) is 11.5 Å². The first-order chi connectivity index (χ1) is 4.63. The first-order valence-electron chi connectivity index (χ1n) is 2.93. The molecule has 3 heteroatoms. The third kappa shape index (κ3) is 1.18. The minimum atomic E-state index is 0.662. The van der Waals surface area contributed by atoms with Crippen molar-refractivity contribution in [2.45, 2.75) is 6.92 Å². The number of benzene rings is 1. The summed E-state index contributed by atoms with van der Waals surface area (Å²) in [6.07, 6.45) is 0. The monoisotopic (exact) mass is 248 g/mol. The van der Waals surface area contributed by atoms with Crippen LogP contribution in [0.15, 0.2) is 12.1 Å². The van der Waals surface area contributed by atoms with E-state index in [1.165, 1.54) is 5.56 Å². The summed E-state index contributed by atoms with van der Waals surface area (Å²) in [5.41, 5.74) is 13.7. The molecule has 0 bridgehead atoms. The van der Waals surface area contributed by atoms with Crippen LogP contribution in [0.1, 0.15) is 5.56 Å². The summed E-state index contributed by atoms with van der Waals surface area (Å²) in [4.78, 5) is 0. The van der Waals surface area contributed by atoms with Crippen LogP contribution in [0.4, 0.5) is 11.4 Å². The molecular formula is C7H9IN2. The Morgan fingerprint density at radius 1 is 1.30 bits per heavy atom. The summed E-state index contributed by atoms with van der Waals surface area (Å²) in [6, 6.07) is 3.79. The molecule has 0 unspecified atom stereocenters. The number of hydrogen-bond acceptors (Lipinski definition) is 2. The molecule has 4 N–H and O–H groups in total. The van der Waals surface area contributed by atoms with Crippen LogP contribution in [0.5, 0.6) is 0 Å². The number of aryl methyl sites for hydroxylation is 1. The van der Waals surface area contributed by atoms with E-state index >= 15 is 0 Å². The van der Waals surface area contributed by atoms with Crippen LogP contribution in [-0.4, -0.2) is 0 Å². The fourth-order valence-electron chi connectivity index (χ4n) is 0.717. The number of nitrogen functional groups attached to an aromatic ring is 2. The van der Waals surface area contributed by atoms with Crippen LogP contribution in [0, 0.1) is 10.5 Å². The Labute approximate surface area is 73.7 Å². The molecule has 1 aromatic carbocycles. The van der Waals surface area contributed by atoms with Gasteiger partial charge in [0.1, 0.15) is 0 Å². The molecule has 0 radical (unpaired) electrons. The number of anilines is 2. The SMILES string of the molecule is Cc1ccc(N)c(N)c1I. The van der Waals surface area contributed by atoms with E-state index in [-0.39, 0.29) is 0 Å². The summed E-state index contributed by atoms with van der Waals surface area (Å²) in [5, 5.41) is 0. The summed E-state index contributed by atoms with van der Waals surface area (Å²) in [7, 11) is 0. The van der Waals surface area contributed by atoms with Gasteiger partial charge in [0.2, 0.25) is 0 Å². The predicted molar refractivity (Wildman–Crippen MR) is 52.7 cm³/mol. The second-order valence-corrected chi connectivity index (χ2v) is 3.28. The molecule has 1 rings (SSSR count). The predicted octanol–water partition coefficient (Wildman–Crippen LogP) is 1.76. The van der Waals surface area contributed by atoms with Gasteiger partial charge in [-0.1, -0.05) is 6.07 Å². The van der Waals surface area contributed by atoms with E-state index in [1.807, 2.05) is 19.1 Å². The van der Waals surface area contributed by atoms with Crippen molar-refractivity contribution in [3.63, 3.8) is 0 Å². The normalized spacial score (nSPS) is 9.80. The maximum Gasteiger partial charge on any atom is 0.0686 e. The lowest BCUT2D eigenvalue weighted by molar-refractivity contribution is 1.43. The summed E-state index contributed by atoms with van der Waals surface area (Å²) in [5.74, 6) is 0. The van der Waals surface area contributed by atoms with Crippen molar-refractivity contribution in [2.24, 2.45) is 0 Å². The van der Waals surface area contributed by atoms with Gasteiger partial charge < -0.3 is 11.5 Å². The lowest BCUT2D eigenvalue weighted by Gasteiger charge is -2.04. The summed E-state index contributed by atoms with van der Waals surface area (Å²) >= 11 is 2.19. The van der Waals surface area contributed by atoms with E-state index in [2.05, 4.69) is 22.6 Å². The van der Waals surface area contributed by atoms with Gasteiger partial charge in [0.05, 0.1) is 11.4 Å². The van der Waals surface area contributed by atoms with Crippen LogP contribution in [0.3, 0.4) is 0 Å². The minimum Gasteiger partial charge on any atom is -0.397 e. The van der Waals surface area contributed by atoms with Gasteiger partial charge in [0, 0.05) is 3.57 Å². The second-order valence-electron chi connectivity index (χ2n) is 2.20. The maximum absolute atomic E-state index is 5.65. The second kappa shape index (κ2) is 2.65. The Hall–Kier alpha value is -0.450. The highest BCUT2D eigenvalue weighted by atomic mass is 127. The van der Waals surface area contributed by atoms with Crippen LogP contribution >= 0.6 is 22.6 Å². The molecule has 0 atom stereocenters. The van der Waals surface area contributed by atoms with Crippen molar-refractivity contribution >= 4 is 34.0 Å². The van der Waals surface area contributed by atoms with E-state index in [0.29, 0.717) is 11.4 Å². The molecule has 0 aliphatic heterocycles. The Balaban J connectivity index is 3.34. The van der Waals surface area contributed by atoms with Gasteiger partial charge in [-0.3, -0.25) is 0 Å². The number of nitrogens with two attached hydrogens (primary N) is 2. The topological polar surface area (TPSA) is 52.0 Å². The van der Waals surface area contributed by atoms with Crippen molar-refractivity contribution in [2.75, 3.05) is 11.5 Å². The zero-order valence-electron chi connectivity index (χ0n) is 5.69. The molecule has 0 amide bonds. The van der Waals surface area contributed by atoms with Gasteiger partial charge in [-0.25, -0.2) is 0 Å². The Bertz CT molecular complexity index is 231. The van der Waals surface area contributed by atoms with E-state index < -0.39 is 0 Å². The molecule has 0 aliphatic rings. The quantitative estimate of drug-likeness (QED) is 0.543. The standard InChI is InChI=1S/C7H9IN2/c1-4-2-3-5(9)7(10)6(4)8/h2-3H,9-10H2,1H3. The average Bonchev–Trinajstić information content (AvgIpc) is 1.93. The Morgan fingerprint density at radius 3 is 2.40 bits per heavy atom. The molecule has 1 aromatic rings. The van der Waals surface area contributed by atoms with Crippen molar-refractivity contribution < 1.29 is 0 Å². The number of hydrogen-bond donors (Lipinski definition) is 2. The van der Waals surface area contributed by atoms with E-state index in [0.717, 1.165) is 3.57 Å². The number of halogens is 1. The van der Waals surface area contributed by atoms with Gasteiger partial charge in [-0.2, -0.15) is 0 Å². The van der Waals surface area contributed by atoms with Crippen LogP contribution in [0.25, 0.3) is 0 Å². The van der Waals surface area contributed by atoms with Crippen molar-refractivity contribution in [3.8, 4) is 0 Å². The zero-order chi connectivity index (χ0) is 7.72. The molecule has 2 nitrogen and oxygen atoms in total. The van der Waals surface area contributed by atoms with E-state index in [1.54, 1.807) is 0 Å². The van der Waals surface area contributed by atoms with Gasteiger partial charge in [0.15, 0.2) is 0 Å². The first kappa shape index (κ1) is 7.65. The fraction of sp³-hybridized carbons (Fsp3) is 0.143. The average molecular weight is 248 g/mol. The fourth-order valence-corrected chi connectivity index (χ4v) is 1.21. The summed E-state index contributed by atoms with van der Waals surface area (Å²) in [6.45, 7) is 2.01. The van der Waals surface area contributed by atoms with E-state index in [9.17, 15) is 0 Å². The summed E-state index contributed by atoms with van der Waals surface area (Å²) < 4.78 is 1.05. The number of rotatable bonds is 0. The molecule has 0 heterocycles.